The molecule has 1 saturated heterocycles. The molecule has 0 saturated carbocycles. The van der Waals surface area contributed by atoms with Gasteiger partial charge >= 0.3 is 5.88 Å². The Morgan fingerprint density at radius 2 is 1.94 bits per heavy atom. The number of anilines is 1. The third-order valence-corrected chi connectivity index (χ3v) is 6.78. The largest absolute Gasteiger partial charge is 0.507 e. The number of hydrogen-bond donors (Lipinski definition) is 2. The van der Waals surface area contributed by atoms with Gasteiger partial charge in [0.1, 0.15) is 11.5 Å². The lowest BCUT2D eigenvalue weighted by Gasteiger charge is -2.36. The van der Waals surface area contributed by atoms with Crippen LogP contribution in [0, 0.1) is 20.8 Å². The maximum atomic E-state index is 13.1. The summed E-state index contributed by atoms with van der Waals surface area (Å²) in [5, 5.41) is 19.3. The van der Waals surface area contributed by atoms with E-state index in [2.05, 4.69) is 27.4 Å². The Morgan fingerprint density at radius 1 is 1.23 bits per heavy atom. The minimum Gasteiger partial charge on any atom is -0.507 e. The number of hydrogen-bond acceptors (Lipinski definition) is 7. The number of ether oxygens (including phenoxy) is 1. The standard InChI is InChI=1S/C22H31N5O4/c1-6-25-9-11-26(12-10-25)27-13-18(31-24-27)23-21(29)22(5)8-7-17-16(4)19(28)14(2)15(3)20(17)30-22/h13H,6-12H2,1-5H3,(H-,23,24,28,29)/p+1. The molecular weight excluding hydrogens is 398 g/mol. The molecule has 9 heteroatoms. The van der Waals surface area contributed by atoms with Crippen molar-refractivity contribution in [2.75, 3.05) is 43.0 Å². The molecule has 0 spiro atoms. The van der Waals surface area contributed by atoms with Crippen molar-refractivity contribution in [1.82, 2.24) is 10.2 Å². The van der Waals surface area contributed by atoms with E-state index in [-0.39, 0.29) is 11.8 Å². The van der Waals surface area contributed by atoms with Crippen LogP contribution in [0.15, 0.2) is 10.7 Å². The molecular formula is C22H32N5O4+. The van der Waals surface area contributed by atoms with E-state index in [4.69, 9.17) is 9.26 Å². The van der Waals surface area contributed by atoms with Crippen LogP contribution in [0.3, 0.4) is 0 Å². The molecule has 31 heavy (non-hydrogen) atoms. The molecule has 1 aromatic carbocycles. The molecule has 168 valence electrons. The minimum atomic E-state index is -1.04. The van der Waals surface area contributed by atoms with Gasteiger partial charge in [-0.1, -0.05) is 6.92 Å². The Labute approximate surface area is 182 Å². The maximum Gasteiger partial charge on any atom is 0.305 e. The van der Waals surface area contributed by atoms with Crippen LogP contribution < -0.4 is 19.9 Å². The second-order valence-electron chi connectivity index (χ2n) is 8.69. The molecule has 1 fully saturated rings. The molecule has 4 rings (SSSR count). The Kier molecular flexibility index (Phi) is 5.55. The molecule has 9 nitrogen and oxygen atoms in total. The lowest BCUT2D eigenvalue weighted by Crippen LogP contribution is -2.65. The number of nitrogens with zero attached hydrogens (tertiary/aromatic N) is 4. The molecule has 2 N–H and O–H groups in total. The van der Waals surface area contributed by atoms with Crippen LogP contribution in [-0.4, -0.2) is 59.5 Å². The third-order valence-electron chi connectivity index (χ3n) is 6.78. The van der Waals surface area contributed by atoms with Gasteiger partial charge in [-0.2, -0.15) is 5.01 Å². The van der Waals surface area contributed by atoms with Crippen LogP contribution >= 0.6 is 0 Å². The molecule has 3 heterocycles. The first-order chi connectivity index (χ1) is 14.7. The zero-order chi connectivity index (χ0) is 22.3. The Hall–Kier alpha value is -2.81. The van der Waals surface area contributed by atoms with Crippen molar-refractivity contribution < 1.29 is 24.0 Å². The summed E-state index contributed by atoms with van der Waals surface area (Å²) in [5.41, 5.74) is 2.38. The van der Waals surface area contributed by atoms with Gasteiger partial charge in [0.05, 0.1) is 17.9 Å². The molecule has 2 aliphatic heterocycles. The molecule has 1 atom stereocenters. The number of carbonyl (C=O) groups excluding carboxylic acids is 1. The van der Waals surface area contributed by atoms with Gasteiger partial charge in [-0.05, 0) is 57.4 Å². The molecule has 0 bridgehead atoms. The second kappa shape index (κ2) is 8.03. The molecule has 0 radical (unpaired) electrons. The number of phenolic OH excluding ortho intramolecular Hbond substituents is 1. The van der Waals surface area contributed by atoms with Crippen molar-refractivity contribution in [3.05, 3.63) is 28.5 Å². The summed E-state index contributed by atoms with van der Waals surface area (Å²) in [7, 11) is 0. The number of piperazine rings is 1. The summed E-state index contributed by atoms with van der Waals surface area (Å²) in [6.45, 7) is 14.3. The normalized spacial score (nSPS) is 21.5. The highest BCUT2D eigenvalue weighted by molar-refractivity contribution is 5.96. The summed E-state index contributed by atoms with van der Waals surface area (Å²) >= 11 is 0. The number of phenols is 1. The zero-order valence-electron chi connectivity index (χ0n) is 19.0. The van der Waals surface area contributed by atoms with Crippen molar-refractivity contribution in [1.29, 1.82) is 0 Å². The molecule has 1 unspecified atom stereocenters. The number of rotatable bonds is 4. The van der Waals surface area contributed by atoms with Crippen molar-refractivity contribution in [2.24, 2.45) is 0 Å². The fourth-order valence-corrected chi connectivity index (χ4v) is 4.34. The van der Waals surface area contributed by atoms with Gasteiger partial charge in [-0.3, -0.25) is 19.5 Å². The van der Waals surface area contributed by atoms with Crippen molar-refractivity contribution in [2.45, 2.75) is 53.1 Å². The molecule has 1 aromatic heterocycles. The van der Waals surface area contributed by atoms with E-state index in [0.717, 1.165) is 55.0 Å². The number of amides is 1. The minimum absolute atomic E-state index is 0.278. The van der Waals surface area contributed by atoms with Crippen molar-refractivity contribution in [3.8, 4) is 11.5 Å². The molecule has 2 aliphatic rings. The average molecular weight is 431 g/mol. The maximum absolute atomic E-state index is 13.1. The number of nitrogens with one attached hydrogen (secondary N) is 1. The fraction of sp³-hybridized carbons (Fsp3) is 0.591. The number of benzene rings is 1. The number of fused-ring (bicyclic) bond motifs is 1. The van der Waals surface area contributed by atoms with Crippen LogP contribution in [0.4, 0.5) is 5.88 Å². The monoisotopic (exact) mass is 430 g/mol. The topological polar surface area (TPSA) is 95.0 Å². The number of aromatic nitrogens is 2. The van der Waals surface area contributed by atoms with Gasteiger partial charge in [0.2, 0.25) is 5.27 Å². The summed E-state index contributed by atoms with van der Waals surface area (Å²) in [6.07, 6.45) is 2.84. The van der Waals surface area contributed by atoms with Crippen LogP contribution in [0.25, 0.3) is 0 Å². The van der Waals surface area contributed by atoms with Crippen molar-refractivity contribution >= 4 is 11.8 Å². The van der Waals surface area contributed by atoms with Crippen LogP contribution in [0.1, 0.15) is 42.5 Å². The van der Waals surface area contributed by atoms with Gasteiger partial charge in [-0.25, -0.2) is 0 Å². The Morgan fingerprint density at radius 3 is 2.61 bits per heavy atom. The van der Waals surface area contributed by atoms with Gasteiger partial charge < -0.3 is 9.84 Å². The first-order valence-corrected chi connectivity index (χ1v) is 10.9. The first-order valence-electron chi connectivity index (χ1n) is 10.9. The Bertz CT molecular complexity index is 996. The predicted octanol–water partition coefficient (Wildman–Crippen LogP) is 1.59. The third kappa shape index (κ3) is 3.82. The van der Waals surface area contributed by atoms with Crippen LogP contribution in [0.2, 0.25) is 0 Å². The highest BCUT2D eigenvalue weighted by atomic mass is 16.5. The number of carbonyl (C=O) groups is 1. The lowest BCUT2D eigenvalue weighted by molar-refractivity contribution is -0.759. The van der Waals surface area contributed by atoms with E-state index in [0.29, 0.717) is 24.3 Å². The van der Waals surface area contributed by atoms with Crippen molar-refractivity contribution in [3.63, 3.8) is 0 Å². The van der Waals surface area contributed by atoms with E-state index < -0.39 is 5.60 Å². The fourth-order valence-electron chi connectivity index (χ4n) is 4.34. The molecule has 2 aromatic rings. The first kappa shape index (κ1) is 21.4. The highest BCUT2D eigenvalue weighted by Crippen LogP contribution is 2.43. The summed E-state index contributed by atoms with van der Waals surface area (Å²) in [4.78, 5) is 17.1. The summed E-state index contributed by atoms with van der Waals surface area (Å²) in [6, 6.07) is 0. The number of likely N-dealkylation sites (N-methyl/N-ethyl adjacent to an activating group) is 1. The average Bonchev–Trinajstić information content (AvgIpc) is 3.24. The smallest absolute Gasteiger partial charge is 0.305 e. The van der Waals surface area contributed by atoms with Crippen LogP contribution in [0.5, 0.6) is 11.5 Å². The van der Waals surface area contributed by atoms with Gasteiger partial charge in [-0.15, -0.1) is 0 Å². The van der Waals surface area contributed by atoms with E-state index in [1.807, 2.05) is 20.8 Å². The predicted molar refractivity (Wildman–Crippen MR) is 115 cm³/mol. The zero-order valence-corrected chi connectivity index (χ0v) is 19.0. The molecule has 0 aliphatic carbocycles. The highest BCUT2D eigenvalue weighted by Gasteiger charge is 2.41. The SMILES string of the molecule is CCN1CCN([n+]2cc(NC(=O)C3(C)CCc4c(C)c(O)c(C)c(C)c4O3)on2)CC1. The summed E-state index contributed by atoms with van der Waals surface area (Å²) < 4.78 is 11.6. The quantitative estimate of drug-likeness (QED) is 0.712. The lowest BCUT2D eigenvalue weighted by atomic mass is 9.86. The summed E-state index contributed by atoms with van der Waals surface area (Å²) in [5.74, 6) is 1.00. The van der Waals surface area contributed by atoms with Crippen LogP contribution in [-0.2, 0) is 11.2 Å². The van der Waals surface area contributed by atoms with E-state index in [9.17, 15) is 9.90 Å². The van der Waals surface area contributed by atoms with E-state index in [1.165, 1.54) is 0 Å². The molecule has 1 amide bonds. The van der Waals surface area contributed by atoms with E-state index >= 15 is 0 Å². The Balaban J connectivity index is 1.47. The number of aromatic hydroxyl groups is 1. The van der Waals surface area contributed by atoms with Gasteiger partial charge in [0, 0.05) is 25.1 Å². The van der Waals surface area contributed by atoms with Gasteiger partial charge in [0.15, 0.2) is 5.60 Å². The van der Waals surface area contributed by atoms with E-state index in [1.54, 1.807) is 17.9 Å². The van der Waals surface area contributed by atoms with Gasteiger partial charge in [0.25, 0.3) is 12.1 Å². The second-order valence-corrected chi connectivity index (χ2v) is 8.69.